The van der Waals surface area contributed by atoms with Gasteiger partial charge in [0.2, 0.25) is 0 Å². The average molecular weight is 301 g/mol. The Morgan fingerprint density at radius 2 is 2.15 bits per heavy atom. The normalized spacial score (nSPS) is 11.9. The molecule has 0 saturated heterocycles. The molecule has 0 fully saturated rings. The average Bonchev–Trinajstić information content (AvgIpc) is 2.37. The fourth-order valence-corrected chi connectivity index (χ4v) is 1.92. The van der Waals surface area contributed by atoms with Gasteiger partial charge in [0.1, 0.15) is 11.2 Å². The van der Waals surface area contributed by atoms with E-state index in [1.807, 2.05) is 6.92 Å². The maximum atomic E-state index is 12.0. The van der Waals surface area contributed by atoms with Gasteiger partial charge in [-0.05, 0) is 18.6 Å². The van der Waals surface area contributed by atoms with Crippen molar-refractivity contribution >= 4 is 23.5 Å². The monoisotopic (exact) mass is 300 g/mol. The van der Waals surface area contributed by atoms with Gasteiger partial charge in [-0.2, -0.15) is 0 Å². The Morgan fingerprint density at radius 1 is 1.45 bits per heavy atom. The quantitative estimate of drug-likeness (QED) is 0.658. The number of nitrogens with one attached hydrogen (secondary N) is 1. The van der Waals surface area contributed by atoms with Gasteiger partial charge >= 0.3 is 5.97 Å². The molecule has 0 bridgehead atoms. The summed E-state index contributed by atoms with van der Waals surface area (Å²) in [6.45, 7) is 1.65. The first-order chi connectivity index (χ1) is 9.47. The van der Waals surface area contributed by atoms with Crippen LogP contribution in [0, 0.1) is 0 Å². The highest BCUT2D eigenvalue weighted by atomic mass is 35.5. The van der Waals surface area contributed by atoms with Crippen molar-refractivity contribution in [1.29, 1.82) is 0 Å². The first kappa shape index (κ1) is 16.4. The number of carboxylic acids is 1. The predicted molar refractivity (Wildman–Crippen MR) is 73.8 cm³/mol. The second kappa shape index (κ2) is 7.81. The zero-order valence-corrected chi connectivity index (χ0v) is 11.9. The van der Waals surface area contributed by atoms with Crippen LogP contribution < -0.4 is 5.32 Å². The standard InChI is InChI=1S/C13H17ClN2O4/c1-2-3-9-6-8(7-11(14)15-9)12(18)16-10(4-5-17)13(19)20/h6-7,10,17H,2-5H2,1H3,(H,16,18)(H,19,20)/t10-/m1/s1. The highest BCUT2D eigenvalue weighted by Crippen LogP contribution is 2.12. The van der Waals surface area contributed by atoms with Crippen molar-refractivity contribution in [2.45, 2.75) is 32.2 Å². The van der Waals surface area contributed by atoms with E-state index in [9.17, 15) is 9.59 Å². The van der Waals surface area contributed by atoms with Crippen LogP contribution >= 0.6 is 11.6 Å². The van der Waals surface area contributed by atoms with Crippen LogP contribution in [-0.4, -0.2) is 39.7 Å². The van der Waals surface area contributed by atoms with Gasteiger partial charge < -0.3 is 15.5 Å². The molecule has 0 saturated carbocycles. The number of aliphatic hydroxyl groups is 1. The molecule has 0 unspecified atom stereocenters. The summed E-state index contributed by atoms with van der Waals surface area (Å²) in [7, 11) is 0. The topological polar surface area (TPSA) is 99.5 Å². The van der Waals surface area contributed by atoms with Gasteiger partial charge in [-0.1, -0.05) is 24.9 Å². The van der Waals surface area contributed by atoms with Gasteiger partial charge in [-0.3, -0.25) is 4.79 Å². The van der Waals surface area contributed by atoms with E-state index < -0.39 is 17.9 Å². The molecule has 1 heterocycles. The van der Waals surface area contributed by atoms with Crippen molar-refractivity contribution in [2.24, 2.45) is 0 Å². The number of aryl methyl sites for hydroxylation is 1. The second-order valence-electron chi connectivity index (χ2n) is 4.30. The van der Waals surface area contributed by atoms with Crippen LogP contribution in [-0.2, 0) is 11.2 Å². The van der Waals surface area contributed by atoms with E-state index >= 15 is 0 Å². The van der Waals surface area contributed by atoms with Crippen LogP contribution in [0.3, 0.4) is 0 Å². The van der Waals surface area contributed by atoms with Crippen LogP contribution in [0.2, 0.25) is 5.15 Å². The van der Waals surface area contributed by atoms with Crippen LogP contribution in [0.5, 0.6) is 0 Å². The van der Waals surface area contributed by atoms with E-state index in [0.29, 0.717) is 12.1 Å². The fourth-order valence-electron chi connectivity index (χ4n) is 1.69. The molecule has 0 aromatic carbocycles. The van der Waals surface area contributed by atoms with Gasteiger partial charge in [-0.15, -0.1) is 0 Å². The predicted octanol–water partition coefficient (Wildman–Crippen LogP) is 1.25. The molecule has 0 spiro atoms. The van der Waals surface area contributed by atoms with E-state index in [1.54, 1.807) is 6.07 Å². The lowest BCUT2D eigenvalue weighted by molar-refractivity contribution is -0.139. The van der Waals surface area contributed by atoms with Crippen LogP contribution in [0.25, 0.3) is 0 Å². The molecule has 0 aliphatic heterocycles. The third kappa shape index (κ3) is 4.79. The SMILES string of the molecule is CCCc1cc(C(=O)N[C@H](CCO)C(=O)O)cc(Cl)n1. The Morgan fingerprint density at radius 3 is 2.70 bits per heavy atom. The first-order valence-electron chi connectivity index (χ1n) is 6.29. The molecule has 0 aliphatic carbocycles. The number of carbonyl (C=O) groups is 2. The van der Waals surface area contributed by atoms with Crippen molar-refractivity contribution in [3.8, 4) is 0 Å². The van der Waals surface area contributed by atoms with Gasteiger partial charge in [-0.25, -0.2) is 9.78 Å². The van der Waals surface area contributed by atoms with Crippen molar-refractivity contribution in [1.82, 2.24) is 10.3 Å². The van der Waals surface area contributed by atoms with Gasteiger partial charge in [0.25, 0.3) is 5.91 Å². The second-order valence-corrected chi connectivity index (χ2v) is 4.68. The summed E-state index contributed by atoms with van der Waals surface area (Å²) in [5.41, 5.74) is 0.942. The number of hydrogen-bond donors (Lipinski definition) is 3. The minimum atomic E-state index is -1.19. The molecule has 7 heteroatoms. The Hall–Kier alpha value is -1.66. The Kier molecular flexibility index (Phi) is 6.41. The number of rotatable bonds is 7. The number of aliphatic hydroxyl groups excluding tert-OH is 1. The summed E-state index contributed by atoms with van der Waals surface area (Å²) < 4.78 is 0. The first-order valence-corrected chi connectivity index (χ1v) is 6.66. The van der Waals surface area contributed by atoms with E-state index in [0.717, 1.165) is 6.42 Å². The Balaban J connectivity index is 2.88. The van der Waals surface area contributed by atoms with Crippen molar-refractivity contribution in [3.05, 3.63) is 28.5 Å². The van der Waals surface area contributed by atoms with Gasteiger partial charge in [0.15, 0.2) is 0 Å². The third-order valence-corrected chi connectivity index (χ3v) is 2.83. The molecule has 1 aromatic heterocycles. The van der Waals surface area contributed by atoms with E-state index in [1.165, 1.54) is 6.07 Å². The molecule has 0 aliphatic rings. The lowest BCUT2D eigenvalue weighted by Crippen LogP contribution is -2.41. The zero-order valence-electron chi connectivity index (χ0n) is 11.1. The number of halogens is 1. The molecule has 1 amide bonds. The summed E-state index contributed by atoms with van der Waals surface area (Å²) in [5.74, 6) is -1.74. The molecular weight excluding hydrogens is 284 g/mol. The number of hydrogen-bond acceptors (Lipinski definition) is 4. The Bertz CT molecular complexity index is 493. The molecule has 20 heavy (non-hydrogen) atoms. The summed E-state index contributed by atoms with van der Waals surface area (Å²) in [5, 5.41) is 20.2. The van der Waals surface area contributed by atoms with Crippen molar-refractivity contribution in [3.63, 3.8) is 0 Å². The van der Waals surface area contributed by atoms with E-state index in [4.69, 9.17) is 21.8 Å². The van der Waals surface area contributed by atoms with Crippen LogP contribution in [0.15, 0.2) is 12.1 Å². The number of carbonyl (C=O) groups excluding carboxylic acids is 1. The molecule has 3 N–H and O–H groups in total. The number of carboxylic acid groups (broad SMARTS) is 1. The smallest absolute Gasteiger partial charge is 0.326 e. The van der Waals surface area contributed by atoms with E-state index in [2.05, 4.69) is 10.3 Å². The number of aromatic nitrogens is 1. The largest absolute Gasteiger partial charge is 0.480 e. The minimum absolute atomic E-state index is 0.0539. The van der Waals surface area contributed by atoms with Crippen molar-refractivity contribution < 1.29 is 19.8 Å². The minimum Gasteiger partial charge on any atom is -0.480 e. The van der Waals surface area contributed by atoms with Gasteiger partial charge in [0.05, 0.1) is 0 Å². The number of nitrogens with zero attached hydrogens (tertiary/aromatic N) is 1. The number of pyridine rings is 1. The summed E-state index contributed by atoms with van der Waals surface area (Å²) in [6, 6.07) is 1.84. The van der Waals surface area contributed by atoms with Crippen molar-refractivity contribution in [2.75, 3.05) is 6.61 Å². The van der Waals surface area contributed by atoms with Crippen LogP contribution in [0.4, 0.5) is 0 Å². The lowest BCUT2D eigenvalue weighted by atomic mass is 10.1. The Labute approximate surface area is 121 Å². The van der Waals surface area contributed by atoms with E-state index in [-0.39, 0.29) is 23.7 Å². The molecule has 1 aromatic rings. The lowest BCUT2D eigenvalue weighted by Gasteiger charge is -2.13. The summed E-state index contributed by atoms with van der Waals surface area (Å²) in [6.07, 6.45) is 1.48. The zero-order chi connectivity index (χ0) is 15.1. The maximum Gasteiger partial charge on any atom is 0.326 e. The molecule has 6 nitrogen and oxygen atoms in total. The fraction of sp³-hybridized carbons (Fsp3) is 0.462. The van der Waals surface area contributed by atoms with Gasteiger partial charge in [0, 0.05) is 24.3 Å². The summed E-state index contributed by atoms with van der Waals surface area (Å²) >= 11 is 5.84. The third-order valence-electron chi connectivity index (χ3n) is 2.64. The highest BCUT2D eigenvalue weighted by Gasteiger charge is 2.20. The molecule has 1 rings (SSSR count). The molecule has 0 radical (unpaired) electrons. The maximum absolute atomic E-state index is 12.0. The molecular formula is C13H17ClN2O4. The molecule has 1 atom stereocenters. The number of amides is 1. The number of aliphatic carboxylic acids is 1. The molecule has 110 valence electrons. The van der Waals surface area contributed by atoms with Crippen LogP contribution in [0.1, 0.15) is 35.8 Å². The summed E-state index contributed by atoms with van der Waals surface area (Å²) in [4.78, 5) is 27.0. The highest BCUT2D eigenvalue weighted by molar-refractivity contribution is 6.29.